The molecule has 0 spiro atoms. The average molecular weight is 246 g/mol. The minimum atomic E-state index is -0.504. The molecule has 0 saturated heterocycles. The molecule has 16 heavy (non-hydrogen) atoms. The maximum Gasteiger partial charge on any atom is 0.407 e. The number of carbonyl (C=O) groups is 1. The Balaban J connectivity index is 2.48. The predicted octanol–water partition coefficient (Wildman–Crippen LogP) is 3.11. The Labute approximate surface area is 98.5 Å². The molecule has 0 unspecified atom stereocenters. The number of alkyl carbamates (subject to hydrolysis) is 1. The SMILES string of the molecule is CC(C)OC(=O)NCc1ccc(F)c(Cl)c1. The fraction of sp³-hybridized carbons (Fsp3) is 0.364. The van der Waals surface area contributed by atoms with Crippen LogP contribution in [0.2, 0.25) is 5.02 Å². The van der Waals surface area contributed by atoms with Gasteiger partial charge in [-0.2, -0.15) is 0 Å². The molecular weight excluding hydrogens is 233 g/mol. The lowest BCUT2D eigenvalue weighted by Crippen LogP contribution is -2.26. The Morgan fingerprint density at radius 1 is 1.56 bits per heavy atom. The smallest absolute Gasteiger partial charge is 0.407 e. The van der Waals surface area contributed by atoms with Gasteiger partial charge in [0, 0.05) is 6.54 Å². The first-order valence-electron chi connectivity index (χ1n) is 4.87. The quantitative estimate of drug-likeness (QED) is 0.889. The molecule has 1 amide bonds. The van der Waals surface area contributed by atoms with Crippen molar-refractivity contribution in [2.24, 2.45) is 0 Å². The fourth-order valence-corrected chi connectivity index (χ4v) is 1.28. The first-order valence-corrected chi connectivity index (χ1v) is 5.25. The van der Waals surface area contributed by atoms with E-state index >= 15 is 0 Å². The van der Waals surface area contributed by atoms with Gasteiger partial charge < -0.3 is 10.1 Å². The van der Waals surface area contributed by atoms with Crippen molar-refractivity contribution in [3.05, 3.63) is 34.6 Å². The lowest BCUT2D eigenvalue weighted by atomic mass is 10.2. The molecule has 0 aliphatic heterocycles. The molecule has 88 valence electrons. The summed E-state index contributed by atoms with van der Waals surface area (Å²) < 4.78 is 17.7. The molecule has 0 aliphatic carbocycles. The van der Waals surface area contributed by atoms with E-state index in [0.29, 0.717) is 5.56 Å². The predicted molar refractivity (Wildman–Crippen MR) is 59.9 cm³/mol. The Hall–Kier alpha value is -1.29. The number of halogens is 2. The van der Waals surface area contributed by atoms with Crippen LogP contribution < -0.4 is 5.32 Å². The van der Waals surface area contributed by atoms with Gasteiger partial charge in [-0.15, -0.1) is 0 Å². The summed E-state index contributed by atoms with van der Waals surface area (Å²) >= 11 is 5.59. The van der Waals surface area contributed by atoms with Gasteiger partial charge in [-0.1, -0.05) is 17.7 Å². The van der Waals surface area contributed by atoms with E-state index in [9.17, 15) is 9.18 Å². The van der Waals surface area contributed by atoms with Crippen LogP contribution in [0.4, 0.5) is 9.18 Å². The number of carbonyl (C=O) groups excluding carboxylic acids is 1. The van der Waals surface area contributed by atoms with Crippen LogP contribution in [0.25, 0.3) is 0 Å². The van der Waals surface area contributed by atoms with Crippen LogP contribution in [0.15, 0.2) is 18.2 Å². The third-order valence-corrected chi connectivity index (χ3v) is 2.05. The van der Waals surface area contributed by atoms with Gasteiger partial charge in [-0.25, -0.2) is 9.18 Å². The molecule has 1 N–H and O–H groups in total. The Kier molecular flexibility index (Phi) is 4.55. The molecule has 1 aromatic rings. The number of amides is 1. The first kappa shape index (κ1) is 12.8. The number of benzene rings is 1. The lowest BCUT2D eigenvalue weighted by Gasteiger charge is -2.09. The van der Waals surface area contributed by atoms with Crippen LogP contribution in [0.3, 0.4) is 0 Å². The van der Waals surface area contributed by atoms with E-state index in [1.807, 2.05) is 0 Å². The summed E-state index contributed by atoms with van der Waals surface area (Å²) in [6, 6.07) is 4.27. The van der Waals surface area contributed by atoms with Gasteiger partial charge in [-0.3, -0.25) is 0 Å². The van der Waals surface area contributed by atoms with E-state index in [-0.39, 0.29) is 17.7 Å². The largest absolute Gasteiger partial charge is 0.447 e. The number of hydrogen-bond donors (Lipinski definition) is 1. The summed E-state index contributed by atoms with van der Waals surface area (Å²) in [7, 11) is 0. The van der Waals surface area contributed by atoms with Crippen LogP contribution in [0.5, 0.6) is 0 Å². The molecule has 1 rings (SSSR count). The minimum absolute atomic E-state index is 0.0385. The molecule has 0 heterocycles. The number of ether oxygens (including phenoxy) is 1. The summed E-state index contributed by atoms with van der Waals surface area (Å²) in [6.07, 6.45) is -0.674. The van der Waals surface area contributed by atoms with Crippen molar-refractivity contribution in [3.63, 3.8) is 0 Å². The summed E-state index contributed by atoms with van der Waals surface area (Å²) in [5, 5.41) is 2.57. The number of rotatable bonds is 3. The molecule has 3 nitrogen and oxygen atoms in total. The molecule has 5 heteroatoms. The summed E-state index contributed by atoms with van der Waals surface area (Å²) in [4.78, 5) is 11.1. The first-order chi connectivity index (χ1) is 7.49. The molecule has 1 aromatic carbocycles. The van der Waals surface area contributed by atoms with Crippen LogP contribution in [-0.4, -0.2) is 12.2 Å². The number of nitrogens with one attached hydrogen (secondary N) is 1. The van der Waals surface area contributed by atoms with Crippen LogP contribution >= 0.6 is 11.6 Å². The molecule has 0 fully saturated rings. The Bertz CT molecular complexity index is 382. The van der Waals surface area contributed by atoms with Crippen molar-refractivity contribution in [3.8, 4) is 0 Å². The third-order valence-electron chi connectivity index (χ3n) is 1.76. The third kappa shape index (κ3) is 4.06. The van der Waals surface area contributed by atoms with Crippen molar-refractivity contribution in [1.29, 1.82) is 0 Å². The summed E-state index contributed by atoms with van der Waals surface area (Å²) in [5.74, 6) is -0.477. The van der Waals surface area contributed by atoms with Crippen molar-refractivity contribution in [2.45, 2.75) is 26.5 Å². The zero-order valence-corrected chi connectivity index (χ0v) is 9.84. The van der Waals surface area contributed by atoms with Gasteiger partial charge in [0.15, 0.2) is 0 Å². The molecule has 0 saturated carbocycles. The monoisotopic (exact) mass is 245 g/mol. The second kappa shape index (κ2) is 5.70. The summed E-state index contributed by atoms with van der Waals surface area (Å²) in [6.45, 7) is 3.77. The molecule has 0 aromatic heterocycles. The van der Waals surface area contributed by atoms with Crippen LogP contribution in [-0.2, 0) is 11.3 Å². The zero-order chi connectivity index (χ0) is 12.1. The van der Waals surface area contributed by atoms with Crippen LogP contribution in [0, 0.1) is 5.82 Å². The van der Waals surface area contributed by atoms with E-state index in [2.05, 4.69) is 5.32 Å². The fourth-order valence-electron chi connectivity index (χ4n) is 1.08. The van der Waals surface area contributed by atoms with E-state index in [1.54, 1.807) is 19.9 Å². The van der Waals surface area contributed by atoms with Gasteiger partial charge in [0.05, 0.1) is 11.1 Å². The highest BCUT2D eigenvalue weighted by atomic mass is 35.5. The van der Waals surface area contributed by atoms with Crippen molar-refractivity contribution in [2.75, 3.05) is 0 Å². The van der Waals surface area contributed by atoms with E-state index in [1.165, 1.54) is 12.1 Å². The van der Waals surface area contributed by atoms with Gasteiger partial charge >= 0.3 is 6.09 Å². The maximum atomic E-state index is 12.8. The van der Waals surface area contributed by atoms with Gasteiger partial charge in [0.1, 0.15) is 5.82 Å². The Morgan fingerprint density at radius 3 is 2.81 bits per heavy atom. The second-order valence-corrected chi connectivity index (χ2v) is 3.96. The van der Waals surface area contributed by atoms with Crippen LogP contribution in [0.1, 0.15) is 19.4 Å². The highest BCUT2D eigenvalue weighted by Gasteiger charge is 2.05. The highest BCUT2D eigenvalue weighted by Crippen LogP contribution is 2.15. The van der Waals surface area contributed by atoms with E-state index < -0.39 is 11.9 Å². The number of hydrogen-bond acceptors (Lipinski definition) is 2. The van der Waals surface area contributed by atoms with Crippen molar-refractivity contribution in [1.82, 2.24) is 5.32 Å². The normalized spacial score (nSPS) is 10.3. The molecule has 0 aliphatic rings. The van der Waals surface area contributed by atoms with E-state index in [4.69, 9.17) is 16.3 Å². The van der Waals surface area contributed by atoms with E-state index in [0.717, 1.165) is 0 Å². The van der Waals surface area contributed by atoms with Crippen molar-refractivity contribution < 1.29 is 13.9 Å². The average Bonchev–Trinajstić information content (AvgIpc) is 2.19. The van der Waals surface area contributed by atoms with Gasteiger partial charge in [0.25, 0.3) is 0 Å². The molecular formula is C11H13ClFNO2. The minimum Gasteiger partial charge on any atom is -0.447 e. The topological polar surface area (TPSA) is 38.3 Å². The highest BCUT2D eigenvalue weighted by molar-refractivity contribution is 6.30. The standard InChI is InChI=1S/C11H13ClFNO2/c1-7(2)16-11(15)14-6-8-3-4-10(13)9(12)5-8/h3-5,7H,6H2,1-2H3,(H,14,15). The maximum absolute atomic E-state index is 12.8. The Morgan fingerprint density at radius 2 is 2.25 bits per heavy atom. The van der Waals surface area contributed by atoms with Gasteiger partial charge in [-0.05, 0) is 31.5 Å². The molecule has 0 atom stereocenters. The summed E-state index contributed by atoms with van der Waals surface area (Å²) in [5.41, 5.74) is 0.715. The zero-order valence-electron chi connectivity index (χ0n) is 9.09. The molecule has 0 radical (unpaired) electrons. The lowest BCUT2D eigenvalue weighted by molar-refractivity contribution is 0.115. The second-order valence-electron chi connectivity index (χ2n) is 3.56. The van der Waals surface area contributed by atoms with Gasteiger partial charge in [0.2, 0.25) is 0 Å². The van der Waals surface area contributed by atoms with Crippen molar-refractivity contribution >= 4 is 17.7 Å². The molecule has 0 bridgehead atoms.